The fraction of sp³-hybridized carbons (Fsp3) is 0.852. The molecular weight excluding hydrogens is 436 g/mol. The van der Waals surface area contributed by atoms with Crippen LogP contribution in [0.2, 0.25) is 0 Å². The zero-order valence-corrected chi connectivity index (χ0v) is 24.6. The van der Waals surface area contributed by atoms with Gasteiger partial charge in [-0.05, 0) is 141 Å². The Morgan fingerprint density at radius 3 is 1.77 bits per heavy atom. The van der Waals surface area contributed by atoms with Crippen molar-refractivity contribution in [3.05, 3.63) is 24.8 Å². The first kappa shape index (κ1) is 27.7. The lowest BCUT2D eigenvalue weighted by molar-refractivity contribution is 0.148. The summed E-state index contributed by atoms with van der Waals surface area (Å²) in [5, 5.41) is 0. The molecule has 4 bridgehead atoms. The topological polar surface area (TPSA) is 20.2 Å². The van der Waals surface area contributed by atoms with E-state index in [-0.39, 0.29) is 20.1 Å². The number of fused-ring (bicyclic) bond motifs is 9. The maximum Gasteiger partial charge on any atom is -0.0134 e. The van der Waals surface area contributed by atoms with E-state index in [1.165, 1.54) is 24.3 Å². The van der Waals surface area contributed by atoms with Gasteiger partial charge in [-0.1, -0.05) is 18.2 Å². The normalized spacial score (nSPS) is 36.8. The Bertz CT molecular complexity index is 601. The van der Waals surface area contributed by atoms with E-state index in [9.17, 15) is 0 Å². The van der Waals surface area contributed by atoms with E-state index in [0.29, 0.717) is 0 Å². The highest BCUT2D eigenvalue weighted by molar-refractivity contribution is 8.32. The maximum absolute atomic E-state index is 8.60. The SMILES string of the molecule is C=CCCS(C)(C)C.CS(C)(C)CCC1CC2CC1C1C3C=CC(C3)C21.CS(C)(C)O. The van der Waals surface area contributed by atoms with E-state index in [1.807, 2.05) is 24.8 Å². The number of hydrogen-bond acceptors (Lipinski definition) is 1. The molecular formula is C27H54OS3. The van der Waals surface area contributed by atoms with Gasteiger partial charge in [-0.15, -0.1) is 16.9 Å². The molecule has 0 aromatic heterocycles. The molecule has 186 valence electrons. The Balaban J connectivity index is 0.000000221. The van der Waals surface area contributed by atoms with Crippen molar-refractivity contribution in [2.75, 3.05) is 67.8 Å². The van der Waals surface area contributed by atoms with Crippen molar-refractivity contribution >= 4 is 30.4 Å². The summed E-state index contributed by atoms with van der Waals surface area (Å²) >= 11 is 0. The molecule has 0 heterocycles. The number of rotatable bonds is 6. The molecule has 4 aliphatic rings. The highest BCUT2D eigenvalue weighted by atomic mass is 32.3. The Kier molecular flexibility index (Phi) is 9.68. The van der Waals surface area contributed by atoms with E-state index in [0.717, 1.165) is 41.4 Å². The molecule has 0 aliphatic heterocycles. The van der Waals surface area contributed by atoms with Gasteiger partial charge in [0.1, 0.15) is 0 Å². The summed E-state index contributed by atoms with van der Waals surface area (Å²) in [6.07, 6.45) is 34.5. The quantitative estimate of drug-likeness (QED) is 0.300. The van der Waals surface area contributed by atoms with Crippen molar-refractivity contribution in [1.29, 1.82) is 0 Å². The first-order chi connectivity index (χ1) is 14.1. The second kappa shape index (κ2) is 10.8. The summed E-state index contributed by atoms with van der Waals surface area (Å²) in [7, 11) is -1.70. The predicted octanol–water partition coefficient (Wildman–Crippen LogP) is 7.57. The summed E-state index contributed by atoms with van der Waals surface area (Å²) in [6.45, 7) is 3.68. The van der Waals surface area contributed by atoms with Crippen molar-refractivity contribution in [3.63, 3.8) is 0 Å². The van der Waals surface area contributed by atoms with E-state index in [2.05, 4.69) is 56.3 Å². The van der Waals surface area contributed by atoms with Gasteiger partial charge >= 0.3 is 0 Å². The van der Waals surface area contributed by atoms with E-state index >= 15 is 0 Å². The minimum Gasteiger partial charge on any atom is -0.352 e. The molecule has 0 aromatic carbocycles. The average molecular weight is 491 g/mol. The van der Waals surface area contributed by atoms with Crippen LogP contribution in [0.5, 0.6) is 0 Å². The van der Waals surface area contributed by atoms with Gasteiger partial charge < -0.3 is 4.55 Å². The second-order valence-electron chi connectivity index (χ2n) is 13.0. The molecule has 4 rings (SSSR count). The largest absolute Gasteiger partial charge is 0.352 e. The van der Waals surface area contributed by atoms with Gasteiger partial charge in [-0.3, -0.25) is 0 Å². The molecule has 0 radical (unpaired) electrons. The van der Waals surface area contributed by atoms with Crippen LogP contribution >= 0.6 is 30.4 Å². The van der Waals surface area contributed by atoms with Gasteiger partial charge in [0.2, 0.25) is 0 Å². The Morgan fingerprint density at radius 1 is 0.806 bits per heavy atom. The van der Waals surface area contributed by atoms with Crippen LogP contribution in [0.1, 0.15) is 32.1 Å². The molecule has 7 atom stereocenters. The first-order valence-corrected chi connectivity index (χ1v) is 21.0. The molecule has 3 fully saturated rings. The van der Waals surface area contributed by atoms with E-state index in [4.69, 9.17) is 4.55 Å². The van der Waals surface area contributed by atoms with E-state index in [1.54, 1.807) is 19.3 Å². The van der Waals surface area contributed by atoms with Gasteiger partial charge in [0.05, 0.1) is 0 Å². The summed E-state index contributed by atoms with van der Waals surface area (Å²) in [5.74, 6) is 10.5. The summed E-state index contributed by atoms with van der Waals surface area (Å²) < 4.78 is 8.60. The highest BCUT2D eigenvalue weighted by Crippen LogP contribution is 2.67. The molecule has 0 saturated heterocycles. The van der Waals surface area contributed by atoms with Crippen LogP contribution in [0.25, 0.3) is 0 Å². The van der Waals surface area contributed by atoms with Crippen molar-refractivity contribution < 1.29 is 4.55 Å². The lowest BCUT2D eigenvalue weighted by atomic mass is 9.69. The van der Waals surface area contributed by atoms with Gasteiger partial charge in [-0.25, -0.2) is 20.1 Å². The van der Waals surface area contributed by atoms with Gasteiger partial charge in [0.25, 0.3) is 0 Å². The van der Waals surface area contributed by atoms with Crippen molar-refractivity contribution in [2.24, 2.45) is 41.4 Å². The lowest BCUT2D eigenvalue weighted by Gasteiger charge is -2.38. The predicted molar refractivity (Wildman–Crippen MR) is 155 cm³/mol. The standard InChI is InChI=1S/C17H28S.C7H16S.C3H10OS/c1-18(2,3)7-6-11-8-14-10-15(11)17-13-5-4-12(9-13)16(14)17;1-5-6-7-8(2,3)4;1-5(2,3)4/h4-5,11-17H,6-10H2,1-3H3;5H,1,6-7H2,2-4H3;4H,1-3H3. The minimum atomic E-state index is -1.17. The fourth-order valence-electron chi connectivity index (χ4n) is 6.43. The Hall–Kier alpha value is 0.490. The third-order valence-electron chi connectivity index (χ3n) is 7.44. The second-order valence-corrected chi connectivity index (χ2v) is 25.7. The van der Waals surface area contributed by atoms with Crippen molar-refractivity contribution in [2.45, 2.75) is 32.1 Å². The average Bonchev–Trinajstić information content (AvgIpc) is 3.34. The summed E-state index contributed by atoms with van der Waals surface area (Å²) in [6, 6.07) is 0. The molecule has 31 heavy (non-hydrogen) atoms. The molecule has 0 amide bonds. The Morgan fingerprint density at radius 2 is 1.32 bits per heavy atom. The van der Waals surface area contributed by atoms with Crippen LogP contribution in [0, 0.1) is 41.4 Å². The van der Waals surface area contributed by atoms with Gasteiger partial charge in [-0.2, -0.15) is 0 Å². The van der Waals surface area contributed by atoms with Crippen LogP contribution in [-0.2, 0) is 0 Å². The zero-order valence-electron chi connectivity index (χ0n) is 22.1. The summed E-state index contributed by atoms with van der Waals surface area (Å²) in [5.41, 5.74) is 0. The molecule has 0 spiro atoms. The lowest BCUT2D eigenvalue weighted by Crippen LogP contribution is -2.31. The Labute approximate surface area is 200 Å². The fourth-order valence-corrected chi connectivity index (χ4v) is 8.31. The van der Waals surface area contributed by atoms with Gasteiger partial charge in [0.15, 0.2) is 0 Å². The minimum absolute atomic E-state index is 0.258. The number of hydrogen-bond donors (Lipinski definition) is 1. The monoisotopic (exact) mass is 490 g/mol. The first-order valence-electron chi connectivity index (χ1n) is 12.1. The molecule has 1 nitrogen and oxygen atoms in total. The molecule has 1 N–H and O–H groups in total. The highest BCUT2D eigenvalue weighted by Gasteiger charge is 2.60. The van der Waals surface area contributed by atoms with Crippen LogP contribution in [0.15, 0.2) is 24.8 Å². The third-order valence-corrected chi connectivity index (χ3v) is 10.4. The third kappa shape index (κ3) is 8.98. The molecule has 7 unspecified atom stereocenters. The van der Waals surface area contributed by atoms with Crippen molar-refractivity contribution in [3.8, 4) is 0 Å². The van der Waals surface area contributed by atoms with Crippen LogP contribution in [-0.4, -0.2) is 72.4 Å². The summed E-state index contributed by atoms with van der Waals surface area (Å²) in [4.78, 5) is 0. The van der Waals surface area contributed by atoms with Crippen molar-refractivity contribution in [1.82, 2.24) is 0 Å². The maximum atomic E-state index is 8.60. The molecule has 4 heteroatoms. The van der Waals surface area contributed by atoms with Crippen LogP contribution < -0.4 is 0 Å². The van der Waals surface area contributed by atoms with E-state index < -0.39 is 10.3 Å². The molecule has 0 aromatic rings. The molecule has 4 aliphatic carbocycles. The number of allylic oxidation sites excluding steroid dienone is 3. The van der Waals surface area contributed by atoms with Crippen LogP contribution in [0.4, 0.5) is 0 Å². The molecule has 3 saturated carbocycles. The van der Waals surface area contributed by atoms with Gasteiger partial charge in [0, 0.05) is 0 Å². The smallest absolute Gasteiger partial charge is 0.0134 e. The van der Waals surface area contributed by atoms with Crippen LogP contribution in [0.3, 0.4) is 0 Å². The zero-order chi connectivity index (χ0) is 23.6.